The molecule has 0 N–H and O–H groups in total. The molecule has 0 aromatic heterocycles. The maximum Gasteiger partial charge on any atom is 0.174 e. The monoisotopic (exact) mass is 164 g/mol. The van der Waals surface area contributed by atoms with E-state index < -0.39 is 15.3 Å². The van der Waals surface area contributed by atoms with Crippen LogP contribution in [0.3, 0.4) is 0 Å². The Labute approximate surface area is 61.3 Å². The second kappa shape index (κ2) is 2.88. The largest absolute Gasteiger partial charge is 0.362 e. The molecule has 1 saturated heterocycles. The highest BCUT2D eigenvalue weighted by molar-refractivity contribution is 7.91. The summed E-state index contributed by atoms with van der Waals surface area (Å²) < 4.78 is 26.8. The van der Waals surface area contributed by atoms with E-state index in [-0.39, 0.29) is 0 Å². The number of sulfone groups is 1. The van der Waals surface area contributed by atoms with Gasteiger partial charge in [-0.2, -0.15) is 0 Å². The Bertz CT molecular complexity index is 189. The van der Waals surface area contributed by atoms with E-state index in [1.807, 2.05) is 0 Å². The first-order valence-corrected chi connectivity index (χ1v) is 5.36. The van der Waals surface area contributed by atoms with E-state index in [1.54, 1.807) is 0 Å². The first-order chi connectivity index (χ1) is 4.61. The molecule has 0 spiro atoms. The molecule has 1 heterocycles. The van der Waals surface area contributed by atoms with Crippen molar-refractivity contribution in [3.05, 3.63) is 0 Å². The second-order valence-electron chi connectivity index (χ2n) is 2.63. The van der Waals surface area contributed by atoms with Crippen LogP contribution in [0.1, 0.15) is 19.3 Å². The van der Waals surface area contributed by atoms with Gasteiger partial charge in [-0.05, 0) is 19.3 Å². The summed E-state index contributed by atoms with van der Waals surface area (Å²) in [5.41, 5.74) is -0.527. The minimum absolute atomic E-state index is 0.527. The summed E-state index contributed by atoms with van der Waals surface area (Å²) in [5, 5.41) is 0. The summed E-state index contributed by atoms with van der Waals surface area (Å²) in [6, 6.07) is 0. The van der Waals surface area contributed by atoms with Crippen LogP contribution in [-0.2, 0) is 14.6 Å². The highest BCUT2D eigenvalue weighted by atomic mass is 32.2. The van der Waals surface area contributed by atoms with E-state index in [2.05, 4.69) is 0 Å². The average molecular weight is 164 g/mol. The number of hydrogen-bond donors (Lipinski definition) is 0. The maximum atomic E-state index is 10.9. The van der Waals surface area contributed by atoms with Crippen molar-refractivity contribution in [2.45, 2.75) is 24.7 Å². The molecule has 1 aliphatic heterocycles. The SMILES string of the molecule is CS(=O)(=O)C1CCCCO1. The zero-order chi connectivity index (χ0) is 7.61. The summed E-state index contributed by atoms with van der Waals surface area (Å²) in [4.78, 5) is 0. The van der Waals surface area contributed by atoms with E-state index in [9.17, 15) is 8.42 Å². The Kier molecular flexibility index (Phi) is 2.31. The van der Waals surface area contributed by atoms with Gasteiger partial charge in [-0.25, -0.2) is 8.42 Å². The van der Waals surface area contributed by atoms with Crippen LogP contribution in [0.4, 0.5) is 0 Å². The smallest absolute Gasteiger partial charge is 0.174 e. The van der Waals surface area contributed by atoms with Crippen molar-refractivity contribution in [3.8, 4) is 0 Å². The molecule has 0 amide bonds. The summed E-state index contributed by atoms with van der Waals surface area (Å²) in [5.74, 6) is 0. The highest BCUT2D eigenvalue weighted by Crippen LogP contribution is 2.16. The molecule has 4 heteroatoms. The Morgan fingerprint density at radius 3 is 2.40 bits per heavy atom. The third-order valence-corrected chi connectivity index (χ3v) is 2.94. The lowest BCUT2D eigenvalue weighted by Gasteiger charge is -2.20. The maximum absolute atomic E-state index is 10.9. The number of ether oxygens (including phenoxy) is 1. The van der Waals surface area contributed by atoms with Crippen LogP contribution in [-0.4, -0.2) is 26.7 Å². The number of rotatable bonds is 1. The van der Waals surface area contributed by atoms with Gasteiger partial charge < -0.3 is 4.74 Å². The van der Waals surface area contributed by atoms with Crippen molar-refractivity contribution < 1.29 is 13.2 Å². The molecule has 0 aliphatic carbocycles. The topological polar surface area (TPSA) is 43.4 Å². The van der Waals surface area contributed by atoms with Gasteiger partial charge >= 0.3 is 0 Å². The summed E-state index contributed by atoms with van der Waals surface area (Å²) >= 11 is 0. The third kappa shape index (κ3) is 1.95. The van der Waals surface area contributed by atoms with Crippen LogP contribution in [0.25, 0.3) is 0 Å². The van der Waals surface area contributed by atoms with E-state index in [1.165, 1.54) is 6.26 Å². The molecule has 0 radical (unpaired) electrons. The fourth-order valence-electron chi connectivity index (χ4n) is 1.05. The van der Waals surface area contributed by atoms with E-state index in [4.69, 9.17) is 4.74 Å². The van der Waals surface area contributed by atoms with E-state index in [0.29, 0.717) is 13.0 Å². The number of hydrogen-bond acceptors (Lipinski definition) is 3. The Morgan fingerprint density at radius 2 is 2.10 bits per heavy atom. The molecular weight excluding hydrogens is 152 g/mol. The van der Waals surface area contributed by atoms with Crippen LogP contribution in [0.15, 0.2) is 0 Å². The molecule has 1 rings (SSSR count). The fraction of sp³-hybridized carbons (Fsp3) is 1.00. The fourth-order valence-corrected chi connectivity index (χ4v) is 1.99. The molecular formula is C6H12O3S. The zero-order valence-electron chi connectivity index (χ0n) is 6.04. The molecule has 60 valence electrons. The van der Waals surface area contributed by atoms with Crippen molar-refractivity contribution >= 4 is 9.84 Å². The van der Waals surface area contributed by atoms with Crippen molar-refractivity contribution in [1.82, 2.24) is 0 Å². The van der Waals surface area contributed by atoms with Crippen LogP contribution >= 0.6 is 0 Å². The van der Waals surface area contributed by atoms with Crippen LogP contribution in [0.2, 0.25) is 0 Å². The van der Waals surface area contributed by atoms with Gasteiger partial charge in [-0.15, -0.1) is 0 Å². The molecule has 10 heavy (non-hydrogen) atoms. The first kappa shape index (κ1) is 8.01. The van der Waals surface area contributed by atoms with Gasteiger partial charge in [0, 0.05) is 12.9 Å². The predicted molar refractivity (Wildman–Crippen MR) is 38.4 cm³/mol. The zero-order valence-corrected chi connectivity index (χ0v) is 6.86. The average Bonchev–Trinajstić information content (AvgIpc) is 1.88. The molecule has 0 bridgehead atoms. The van der Waals surface area contributed by atoms with Gasteiger partial charge in [0.15, 0.2) is 15.3 Å². The van der Waals surface area contributed by atoms with Gasteiger partial charge in [0.25, 0.3) is 0 Å². The van der Waals surface area contributed by atoms with Crippen molar-refractivity contribution in [1.29, 1.82) is 0 Å². The van der Waals surface area contributed by atoms with Gasteiger partial charge in [0.1, 0.15) is 0 Å². The van der Waals surface area contributed by atoms with Crippen LogP contribution < -0.4 is 0 Å². The molecule has 3 nitrogen and oxygen atoms in total. The second-order valence-corrected chi connectivity index (χ2v) is 4.81. The highest BCUT2D eigenvalue weighted by Gasteiger charge is 2.23. The van der Waals surface area contributed by atoms with E-state index >= 15 is 0 Å². The molecule has 1 atom stereocenters. The first-order valence-electron chi connectivity index (χ1n) is 3.41. The predicted octanol–water partition coefficient (Wildman–Crippen LogP) is 0.558. The van der Waals surface area contributed by atoms with Crippen LogP contribution in [0, 0.1) is 0 Å². The summed E-state index contributed by atoms with van der Waals surface area (Å²) in [7, 11) is -2.95. The van der Waals surface area contributed by atoms with Crippen molar-refractivity contribution in [3.63, 3.8) is 0 Å². The third-order valence-electron chi connectivity index (χ3n) is 1.62. The van der Waals surface area contributed by atoms with Gasteiger partial charge in [0.2, 0.25) is 0 Å². The van der Waals surface area contributed by atoms with Crippen molar-refractivity contribution in [2.75, 3.05) is 12.9 Å². The minimum Gasteiger partial charge on any atom is -0.362 e. The Morgan fingerprint density at radius 1 is 1.40 bits per heavy atom. The van der Waals surface area contributed by atoms with Gasteiger partial charge in [0.05, 0.1) is 0 Å². The van der Waals surface area contributed by atoms with Crippen LogP contribution in [0.5, 0.6) is 0 Å². The lowest BCUT2D eigenvalue weighted by Crippen LogP contribution is -2.27. The summed E-state index contributed by atoms with van der Waals surface area (Å²) in [6.07, 6.45) is 3.85. The lowest BCUT2D eigenvalue weighted by molar-refractivity contribution is 0.0666. The van der Waals surface area contributed by atoms with E-state index in [0.717, 1.165) is 12.8 Å². The Hall–Kier alpha value is -0.0900. The van der Waals surface area contributed by atoms with Crippen molar-refractivity contribution in [2.24, 2.45) is 0 Å². The molecule has 0 saturated carbocycles. The lowest BCUT2D eigenvalue weighted by atomic mass is 10.2. The molecule has 0 aromatic rings. The normalized spacial score (nSPS) is 28.3. The van der Waals surface area contributed by atoms with Gasteiger partial charge in [-0.3, -0.25) is 0 Å². The molecule has 0 aromatic carbocycles. The standard InChI is InChI=1S/C6H12O3S/c1-10(7,8)6-4-2-3-5-9-6/h6H,2-5H2,1H3. The molecule has 1 fully saturated rings. The Balaban J connectivity index is 2.56. The molecule has 1 aliphatic rings. The molecule has 1 unspecified atom stereocenters. The summed E-state index contributed by atoms with van der Waals surface area (Å²) in [6.45, 7) is 0.595. The van der Waals surface area contributed by atoms with Gasteiger partial charge in [-0.1, -0.05) is 0 Å². The quantitative estimate of drug-likeness (QED) is 0.568. The minimum atomic E-state index is -2.95.